The summed E-state index contributed by atoms with van der Waals surface area (Å²) in [5.41, 5.74) is 1.74. The normalized spacial score (nSPS) is 21.9. The maximum Gasteiger partial charge on any atom is 0.241 e. The van der Waals surface area contributed by atoms with Gasteiger partial charge in [-0.1, -0.05) is 48.9 Å². The topological polar surface area (TPSA) is 58.6 Å². The highest BCUT2D eigenvalue weighted by Crippen LogP contribution is 2.42. The third kappa shape index (κ3) is 4.51. The fourth-order valence-electron chi connectivity index (χ4n) is 3.83. The highest BCUT2D eigenvalue weighted by molar-refractivity contribution is 8.01. The maximum atomic E-state index is 13.5. The predicted molar refractivity (Wildman–Crippen MR) is 120 cm³/mol. The average Bonchev–Trinajstić information content (AvgIpc) is 3.28. The van der Waals surface area contributed by atoms with Gasteiger partial charge in [0, 0.05) is 23.1 Å². The number of nitrogens with zero attached hydrogens (tertiary/aromatic N) is 1. The van der Waals surface area contributed by atoms with Crippen LogP contribution < -0.4 is 10.2 Å². The number of thioether (sulfide) groups is 1. The van der Waals surface area contributed by atoms with E-state index in [1.807, 2.05) is 55.5 Å². The van der Waals surface area contributed by atoms with Gasteiger partial charge in [-0.3, -0.25) is 9.59 Å². The molecule has 0 aromatic heterocycles. The number of amides is 2. The molecule has 0 saturated carbocycles. The molecule has 3 atom stereocenters. The number of ether oxygens (including phenoxy) is 1. The van der Waals surface area contributed by atoms with Gasteiger partial charge in [0.2, 0.25) is 11.8 Å². The van der Waals surface area contributed by atoms with Gasteiger partial charge < -0.3 is 15.0 Å². The first-order chi connectivity index (χ1) is 14.5. The Morgan fingerprint density at radius 1 is 1.27 bits per heavy atom. The molecule has 0 aliphatic carbocycles. The summed E-state index contributed by atoms with van der Waals surface area (Å²) in [6.45, 7) is 3.44. The molecule has 2 aliphatic rings. The van der Waals surface area contributed by atoms with Crippen molar-refractivity contribution in [2.75, 3.05) is 18.1 Å². The third-order valence-corrected chi connectivity index (χ3v) is 7.43. The van der Waals surface area contributed by atoms with Crippen LogP contribution in [0.15, 0.2) is 53.4 Å². The van der Waals surface area contributed by atoms with Gasteiger partial charge in [-0.15, -0.1) is 11.8 Å². The van der Waals surface area contributed by atoms with Gasteiger partial charge in [-0.05, 0) is 36.6 Å². The van der Waals surface area contributed by atoms with Crippen molar-refractivity contribution < 1.29 is 14.3 Å². The minimum atomic E-state index is -0.494. The molecule has 0 radical (unpaired) electrons. The summed E-state index contributed by atoms with van der Waals surface area (Å²) in [5, 5.41) is 3.10. The van der Waals surface area contributed by atoms with E-state index in [0.717, 1.165) is 35.6 Å². The Kier molecular flexibility index (Phi) is 6.66. The van der Waals surface area contributed by atoms with Crippen LogP contribution in [0.4, 0.5) is 5.69 Å². The third-order valence-electron chi connectivity index (χ3n) is 5.60. The molecule has 2 aromatic carbocycles. The van der Waals surface area contributed by atoms with E-state index in [4.69, 9.17) is 16.3 Å². The van der Waals surface area contributed by atoms with Gasteiger partial charge in [0.1, 0.15) is 5.25 Å². The van der Waals surface area contributed by atoms with Gasteiger partial charge in [-0.2, -0.15) is 0 Å². The van der Waals surface area contributed by atoms with E-state index in [1.165, 1.54) is 11.8 Å². The highest BCUT2D eigenvalue weighted by atomic mass is 35.5. The Hall–Kier alpha value is -2.02. The Morgan fingerprint density at radius 3 is 2.80 bits per heavy atom. The number of fused-ring (bicyclic) bond motifs is 1. The van der Waals surface area contributed by atoms with Crippen molar-refractivity contribution in [3.05, 3.63) is 59.1 Å². The smallest absolute Gasteiger partial charge is 0.241 e. The van der Waals surface area contributed by atoms with E-state index < -0.39 is 11.2 Å². The van der Waals surface area contributed by atoms with Crippen LogP contribution in [0.3, 0.4) is 0 Å². The van der Waals surface area contributed by atoms with Crippen molar-refractivity contribution in [2.24, 2.45) is 5.92 Å². The second-order valence-corrected chi connectivity index (χ2v) is 9.28. The molecular weight excluding hydrogens is 420 g/mol. The molecule has 2 aliphatic heterocycles. The molecule has 0 spiro atoms. The number of anilines is 1. The van der Waals surface area contributed by atoms with Crippen LogP contribution >= 0.6 is 23.4 Å². The Balaban J connectivity index is 1.53. The summed E-state index contributed by atoms with van der Waals surface area (Å²) in [7, 11) is 0. The zero-order chi connectivity index (χ0) is 21.1. The fourth-order valence-corrected chi connectivity index (χ4v) is 5.31. The average molecular weight is 445 g/mol. The standard InChI is InChI=1S/C23H25ClN2O3S/c1-15(22(27)25-13-17-8-6-12-29-17)21-23(28)26(14-16-7-2-3-9-18(16)24)19-10-4-5-11-20(19)30-21/h2-5,7,9-11,15,17,21H,6,8,12-14H2,1H3,(H,25,27)/t15-,17-,21-/m0/s1. The highest BCUT2D eigenvalue weighted by Gasteiger charge is 2.39. The molecule has 0 bridgehead atoms. The monoisotopic (exact) mass is 444 g/mol. The summed E-state index contributed by atoms with van der Waals surface area (Å²) >= 11 is 7.81. The molecule has 158 valence electrons. The lowest BCUT2D eigenvalue weighted by Crippen LogP contribution is -2.48. The maximum absolute atomic E-state index is 13.5. The van der Waals surface area contributed by atoms with E-state index in [2.05, 4.69) is 5.32 Å². The zero-order valence-corrected chi connectivity index (χ0v) is 18.4. The second kappa shape index (κ2) is 9.41. The number of rotatable bonds is 6. The molecule has 0 unspecified atom stereocenters. The van der Waals surface area contributed by atoms with Gasteiger partial charge in [0.15, 0.2) is 0 Å². The lowest BCUT2D eigenvalue weighted by molar-refractivity contribution is -0.128. The van der Waals surface area contributed by atoms with Crippen LogP contribution in [0, 0.1) is 5.92 Å². The Labute approximate surface area is 186 Å². The molecule has 2 heterocycles. The predicted octanol–water partition coefficient (Wildman–Crippen LogP) is 4.28. The first-order valence-corrected chi connectivity index (χ1v) is 11.5. The molecular formula is C23H25ClN2O3S. The molecule has 4 rings (SSSR count). The number of carbonyl (C=O) groups is 2. The van der Waals surface area contributed by atoms with Crippen molar-refractivity contribution in [2.45, 2.75) is 42.6 Å². The Morgan fingerprint density at radius 2 is 2.03 bits per heavy atom. The molecule has 1 saturated heterocycles. The van der Waals surface area contributed by atoms with Crippen LogP contribution in [-0.4, -0.2) is 36.3 Å². The molecule has 5 nitrogen and oxygen atoms in total. The van der Waals surface area contributed by atoms with Crippen LogP contribution in [0.5, 0.6) is 0 Å². The number of carbonyl (C=O) groups excluding carboxylic acids is 2. The van der Waals surface area contributed by atoms with Crippen LogP contribution in [0.1, 0.15) is 25.3 Å². The SMILES string of the molecule is C[C@H](C(=O)NC[C@@H]1CCCO1)[C@@H]1Sc2ccccc2N(Cc2ccccc2Cl)C1=O. The van der Waals surface area contributed by atoms with E-state index in [1.54, 1.807) is 4.90 Å². The fraction of sp³-hybridized carbons (Fsp3) is 0.391. The number of benzene rings is 2. The molecule has 30 heavy (non-hydrogen) atoms. The van der Waals surface area contributed by atoms with Crippen molar-refractivity contribution in [1.82, 2.24) is 5.32 Å². The lowest BCUT2D eigenvalue weighted by Gasteiger charge is -2.36. The molecule has 7 heteroatoms. The first kappa shape index (κ1) is 21.2. The Bertz CT molecular complexity index is 932. The van der Waals surface area contributed by atoms with Crippen LogP contribution in [0.25, 0.3) is 0 Å². The van der Waals surface area contributed by atoms with Gasteiger partial charge in [0.25, 0.3) is 0 Å². The number of halogens is 1. The van der Waals surface area contributed by atoms with Crippen LogP contribution in [0.2, 0.25) is 5.02 Å². The van der Waals surface area contributed by atoms with Gasteiger partial charge >= 0.3 is 0 Å². The largest absolute Gasteiger partial charge is 0.376 e. The first-order valence-electron chi connectivity index (χ1n) is 10.2. The zero-order valence-electron chi connectivity index (χ0n) is 16.8. The minimum Gasteiger partial charge on any atom is -0.376 e. The van der Waals surface area contributed by atoms with Crippen molar-refractivity contribution in [3.63, 3.8) is 0 Å². The van der Waals surface area contributed by atoms with Gasteiger partial charge in [-0.25, -0.2) is 0 Å². The summed E-state index contributed by atoms with van der Waals surface area (Å²) in [6, 6.07) is 15.3. The minimum absolute atomic E-state index is 0.0709. The lowest BCUT2D eigenvalue weighted by atomic mass is 10.0. The summed E-state index contributed by atoms with van der Waals surface area (Å²) in [4.78, 5) is 29.0. The number of hydrogen-bond donors (Lipinski definition) is 1. The second-order valence-electron chi connectivity index (χ2n) is 7.69. The quantitative estimate of drug-likeness (QED) is 0.722. The summed E-state index contributed by atoms with van der Waals surface area (Å²) < 4.78 is 5.58. The molecule has 1 fully saturated rings. The van der Waals surface area contributed by atoms with Crippen molar-refractivity contribution >= 4 is 40.9 Å². The number of nitrogens with one attached hydrogen (secondary N) is 1. The molecule has 2 amide bonds. The van der Waals surface area contributed by atoms with E-state index in [0.29, 0.717) is 18.1 Å². The van der Waals surface area contributed by atoms with Crippen LogP contribution in [-0.2, 0) is 20.9 Å². The molecule has 2 aromatic rings. The summed E-state index contributed by atoms with van der Waals surface area (Å²) in [6.07, 6.45) is 2.07. The number of hydrogen-bond acceptors (Lipinski definition) is 4. The van der Waals surface area contributed by atoms with Gasteiger partial charge in [0.05, 0.1) is 24.3 Å². The van der Waals surface area contributed by atoms with E-state index in [-0.39, 0.29) is 17.9 Å². The molecule has 1 N–H and O–H groups in total. The van der Waals surface area contributed by atoms with E-state index >= 15 is 0 Å². The van der Waals surface area contributed by atoms with E-state index in [9.17, 15) is 9.59 Å². The summed E-state index contributed by atoms with van der Waals surface area (Å²) in [5.74, 6) is -0.655. The number of para-hydroxylation sites is 1. The van der Waals surface area contributed by atoms with Crippen molar-refractivity contribution in [3.8, 4) is 0 Å². The van der Waals surface area contributed by atoms with Crippen molar-refractivity contribution in [1.29, 1.82) is 0 Å².